The molecule has 1 amide bonds. The number of amides is 1. The maximum absolute atomic E-state index is 12.5. The summed E-state index contributed by atoms with van der Waals surface area (Å²) in [6.45, 7) is 6.23. The largest absolute Gasteiger partial charge is 0.357 e. The van der Waals surface area contributed by atoms with Gasteiger partial charge in [-0.15, -0.1) is 0 Å². The van der Waals surface area contributed by atoms with Crippen molar-refractivity contribution in [3.05, 3.63) is 40.8 Å². The summed E-state index contributed by atoms with van der Waals surface area (Å²) in [5, 5.41) is 2.92. The van der Waals surface area contributed by atoms with Crippen molar-refractivity contribution in [1.82, 2.24) is 9.55 Å². The number of carbonyl (C=O) groups is 1. The Bertz CT molecular complexity index is 687. The Hall–Kier alpha value is -1.82. The number of nitrogens with zero attached hydrogens (tertiary/aromatic N) is 3. The van der Waals surface area contributed by atoms with E-state index in [1.807, 2.05) is 29.0 Å². The first kappa shape index (κ1) is 16.1. The molecule has 0 saturated carbocycles. The van der Waals surface area contributed by atoms with Gasteiger partial charge in [-0.3, -0.25) is 4.79 Å². The molecule has 3 rings (SSSR count). The molecule has 1 fully saturated rings. The van der Waals surface area contributed by atoms with Crippen molar-refractivity contribution >= 4 is 33.3 Å². The molecule has 0 unspecified atom stereocenters. The monoisotopic (exact) mass is 376 g/mol. The molecule has 3 heterocycles. The van der Waals surface area contributed by atoms with Gasteiger partial charge >= 0.3 is 0 Å². The predicted octanol–water partition coefficient (Wildman–Crippen LogP) is 4.08. The quantitative estimate of drug-likeness (QED) is 0.874. The SMILES string of the molecule is CC(C)n1cc(Br)cc1C(=O)Nc1ccc(N2CCCC2)nc1. The van der Waals surface area contributed by atoms with E-state index in [4.69, 9.17) is 0 Å². The van der Waals surface area contributed by atoms with Crippen LogP contribution in [0.25, 0.3) is 0 Å². The summed E-state index contributed by atoms with van der Waals surface area (Å²) in [5.74, 6) is 0.855. The molecular weight excluding hydrogens is 356 g/mol. The van der Waals surface area contributed by atoms with Crippen LogP contribution in [0.3, 0.4) is 0 Å². The van der Waals surface area contributed by atoms with Gasteiger partial charge in [-0.05, 0) is 60.8 Å². The molecule has 23 heavy (non-hydrogen) atoms. The smallest absolute Gasteiger partial charge is 0.272 e. The van der Waals surface area contributed by atoms with Crippen LogP contribution >= 0.6 is 15.9 Å². The fraction of sp³-hybridized carbons (Fsp3) is 0.412. The molecule has 1 aliphatic rings. The minimum atomic E-state index is -0.125. The lowest BCUT2D eigenvalue weighted by molar-refractivity contribution is 0.101. The van der Waals surface area contributed by atoms with Gasteiger partial charge in [0.15, 0.2) is 0 Å². The molecule has 2 aromatic rings. The molecule has 2 aromatic heterocycles. The average Bonchev–Trinajstić information content (AvgIpc) is 3.17. The van der Waals surface area contributed by atoms with E-state index in [0.29, 0.717) is 11.4 Å². The molecule has 0 aliphatic carbocycles. The molecule has 1 saturated heterocycles. The van der Waals surface area contributed by atoms with E-state index in [9.17, 15) is 4.79 Å². The molecule has 0 aromatic carbocycles. The van der Waals surface area contributed by atoms with Crippen LogP contribution in [0.1, 0.15) is 43.2 Å². The van der Waals surface area contributed by atoms with Gasteiger partial charge in [0.25, 0.3) is 5.91 Å². The van der Waals surface area contributed by atoms with Crippen LogP contribution in [-0.4, -0.2) is 28.5 Å². The number of rotatable bonds is 4. The fourth-order valence-corrected chi connectivity index (χ4v) is 3.28. The van der Waals surface area contributed by atoms with Crippen LogP contribution in [0.5, 0.6) is 0 Å². The minimum Gasteiger partial charge on any atom is -0.357 e. The number of anilines is 2. The third kappa shape index (κ3) is 3.58. The van der Waals surface area contributed by atoms with E-state index in [-0.39, 0.29) is 11.9 Å². The van der Waals surface area contributed by atoms with E-state index >= 15 is 0 Å². The third-order valence-corrected chi connectivity index (χ3v) is 4.47. The molecule has 0 atom stereocenters. The number of aromatic nitrogens is 2. The number of nitrogens with one attached hydrogen (secondary N) is 1. The van der Waals surface area contributed by atoms with Crippen LogP contribution < -0.4 is 10.2 Å². The Balaban J connectivity index is 1.72. The topological polar surface area (TPSA) is 50.2 Å². The van der Waals surface area contributed by atoms with Gasteiger partial charge in [0.05, 0.1) is 11.9 Å². The number of pyridine rings is 1. The van der Waals surface area contributed by atoms with Crippen molar-refractivity contribution in [2.24, 2.45) is 0 Å². The molecule has 0 radical (unpaired) electrons. The first-order chi connectivity index (χ1) is 11.0. The van der Waals surface area contributed by atoms with Crippen LogP contribution in [0.15, 0.2) is 35.1 Å². The maximum atomic E-state index is 12.5. The standard InChI is InChI=1S/C17H21BrN4O/c1-12(2)22-11-13(18)9-15(22)17(23)20-14-5-6-16(19-10-14)21-7-3-4-8-21/h5-6,9-12H,3-4,7-8H2,1-2H3,(H,20,23). The minimum absolute atomic E-state index is 0.125. The summed E-state index contributed by atoms with van der Waals surface area (Å²) in [4.78, 5) is 19.2. The highest BCUT2D eigenvalue weighted by Crippen LogP contribution is 2.22. The van der Waals surface area contributed by atoms with E-state index in [2.05, 4.69) is 45.0 Å². The summed E-state index contributed by atoms with van der Waals surface area (Å²) in [7, 11) is 0. The molecule has 5 nitrogen and oxygen atoms in total. The van der Waals surface area contributed by atoms with Crippen LogP contribution in [-0.2, 0) is 0 Å². The zero-order valence-electron chi connectivity index (χ0n) is 13.4. The summed E-state index contributed by atoms with van der Waals surface area (Å²) in [6, 6.07) is 5.94. The van der Waals surface area contributed by atoms with Crippen molar-refractivity contribution in [1.29, 1.82) is 0 Å². The molecule has 1 N–H and O–H groups in total. The Morgan fingerprint density at radius 2 is 2.04 bits per heavy atom. The van der Waals surface area contributed by atoms with Crippen LogP contribution in [0.2, 0.25) is 0 Å². The number of hydrogen-bond acceptors (Lipinski definition) is 3. The van der Waals surface area contributed by atoms with Crippen molar-refractivity contribution in [3.8, 4) is 0 Å². The third-order valence-electron chi connectivity index (χ3n) is 4.04. The van der Waals surface area contributed by atoms with Gasteiger partial charge in [-0.25, -0.2) is 4.98 Å². The molecule has 0 bridgehead atoms. The molecule has 122 valence electrons. The van der Waals surface area contributed by atoms with Gasteiger partial charge in [-0.1, -0.05) is 0 Å². The highest BCUT2D eigenvalue weighted by molar-refractivity contribution is 9.10. The summed E-state index contributed by atoms with van der Waals surface area (Å²) < 4.78 is 2.85. The highest BCUT2D eigenvalue weighted by Gasteiger charge is 2.16. The van der Waals surface area contributed by atoms with Crippen molar-refractivity contribution < 1.29 is 4.79 Å². The Labute approximate surface area is 144 Å². The zero-order valence-corrected chi connectivity index (χ0v) is 15.0. The van der Waals surface area contributed by atoms with Crippen LogP contribution in [0.4, 0.5) is 11.5 Å². The van der Waals surface area contributed by atoms with E-state index < -0.39 is 0 Å². The van der Waals surface area contributed by atoms with Crippen LogP contribution in [0, 0.1) is 0 Å². The fourth-order valence-electron chi connectivity index (χ4n) is 2.84. The highest BCUT2D eigenvalue weighted by atomic mass is 79.9. The number of halogens is 1. The lowest BCUT2D eigenvalue weighted by Crippen LogP contribution is -2.20. The van der Waals surface area contributed by atoms with Crippen molar-refractivity contribution in [2.45, 2.75) is 32.7 Å². The molecular formula is C17H21BrN4O. The van der Waals surface area contributed by atoms with Crippen molar-refractivity contribution in [2.75, 3.05) is 23.3 Å². The first-order valence-corrected chi connectivity index (χ1v) is 8.73. The molecule has 6 heteroatoms. The number of carbonyl (C=O) groups excluding carboxylic acids is 1. The van der Waals surface area contributed by atoms with Gasteiger partial charge in [0, 0.05) is 29.8 Å². The summed E-state index contributed by atoms with van der Waals surface area (Å²) >= 11 is 3.43. The molecule has 1 aliphatic heterocycles. The average molecular weight is 377 g/mol. The van der Waals surface area contributed by atoms with E-state index in [0.717, 1.165) is 23.4 Å². The normalized spacial score (nSPS) is 14.5. The first-order valence-electron chi connectivity index (χ1n) is 7.94. The summed E-state index contributed by atoms with van der Waals surface area (Å²) in [6.07, 6.45) is 6.10. The Morgan fingerprint density at radius 3 is 2.65 bits per heavy atom. The number of hydrogen-bond donors (Lipinski definition) is 1. The summed E-state index contributed by atoms with van der Waals surface area (Å²) in [5.41, 5.74) is 1.35. The Morgan fingerprint density at radius 1 is 1.30 bits per heavy atom. The lowest BCUT2D eigenvalue weighted by atomic mass is 10.3. The molecule has 0 spiro atoms. The van der Waals surface area contributed by atoms with E-state index in [1.165, 1.54) is 12.8 Å². The second-order valence-corrected chi connectivity index (χ2v) is 7.01. The van der Waals surface area contributed by atoms with Gasteiger partial charge < -0.3 is 14.8 Å². The van der Waals surface area contributed by atoms with Gasteiger partial charge in [0.2, 0.25) is 0 Å². The van der Waals surface area contributed by atoms with Gasteiger partial charge in [-0.2, -0.15) is 0 Å². The van der Waals surface area contributed by atoms with E-state index in [1.54, 1.807) is 6.20 Å². The lowest BCUT2D eigenvalue weighted by Gasteiger charge is -2.16. The maximum Gasteiger partial charge on any atom is 0.272 e. The second-order valence-electron chi connectivity index (χ2n) is 6.10. The Kier molecular flexibility index (Phi) is 4.71. The van der Waals surface area contributed by atoms with Gasteiger partial charge in [0.1, 0.15) is 11.5 Å². The zero-order chi connectivity index (χ0) is 16.4. The van der Waals surface area contributed by atoms with Crippen molar-refractivity contribution in [3.63, 3.8) is 0 Å². The second kappa shape index (κ2) is 6.74. The predicted molar refractivity (Wildman–Crippen MR) is 96.2 cm³/mol.